The average molecular weight is 466 g/mol. The minimum Gasteiger partial charge on any atom is -1.00 e. The number of hydrogen-bond donors (Lipinski definition) is 2. The third-order valence-corrected chi connectivity index (χ3v) is 2.53. The second kappa shape index (κ2) is 14.8. The number of phenols is 2. The number of hydrogen-bond acceptors (Lipinski definition) is 6. The molecule has 0 spiro atoms. The van der Waals surface area contributed by atoms with Gasteiger partial charge in [0.15, 0.2) is 0 Å². The van der Waals surface area contributed by atoms with Crippen LogP contribution < -0.4 is 24.8 Å². The van der Waals surface area contributed by atoms with Crippen molar-refractivity contribution in [3.63, 3.8) is 0 Å². The number of rotatable bonds is 2. The van der Waals surface area contributed by atoms with Gasteiger partial charge in [0.25, 0.3) is 0 Å². The van der Waals surface area contributed by atoms with Crippen LogP contribution >= 0.6 is 0 Å². The Labute approximate surface area is 177 Å². The Morgan fingerprint density at radius 3 is 1.32 bits per heavy atom. The van der Waals surface area contributed by atoms with Gasteiger partial charge in [0.2, 0.25) is 0 Å². The van der Waals surface area contributed by atoms with Gasteiger partial charge in [-0.3, -0.25) is 0 Å². The van der Waals surface area contributed by atoms with Crippen molar-refractivity contribution in [3.8, 4) is 11.5 Å². The van der Waals surface area contributed by atoms with Crippen molar-refractivity contribution in [3.05, 3.63) is 59.7 Å². The number of benzene rings is 2. The van der Waals surface area contributed by atoms with E-state index in [1.807, 2.05) is 0 Å². The van der Waals surface area contributed by atoms with Gasteiger partial charge in [0.05, 0.1) is 25.3 Å². The first kappa shape index (κ1) is 28.3. The summed E-state index contributed by atoms with van der Waals surface area (Å²) in [7, 11) is 2.60. The van der Waals surface area contributed by atoms with Crippen LogP contribution in [0, 0.1) is 0 Å². The van der Waals surface area contributed by atoms with E-state index in [-0.39, 0.29) is 62.5 Å². The van der Waals surface area contributed by atoms with Gasteiger partial charge in [0, 0.05) is 0 Å². The molecule has 0 bridgehead atoms. The number of methoxy groups -OCH3 is 2. The molecule has 0 saturated carbocycles. The maximum atomic E-state index is 10.8. The summed E-state index contributed by atoms with van der Waals surface area (Å²) in [5.41, 5.74) is 0.708. The molecular weight excluding hydrogens is 450 g/mol. The maximum Gasteiger partial charge on any atom is 2.00 e. The normalized spacial score (nSPS) is 8.08. The molecule has 0 heterocycles. The summed E-state index contributed by atoms with van der Waals surface area (Å²) < 4.78 is 8.88. The van der Waals surface area contributed by atoms with Crippen LogP contribution in [0.15, 0.2) is 48.5 Å². The molecule has 25 heavy (non-hydrogen) atoms. The van der Waals surface area contributed by atoms with Crippen LogP contribution in [-0.2, 0) is 35.7 Å². The van der Waals surface area contributed by atoms with E-state index in [2.05, 4.69) is 9.47 Å². The van der Waals surface area contributed by atoms with Gasteiger partial charge in [-0.15, -0.1) is 0 Å². The van der Waals surface area contributed by atoms with Gasteiger partial charge in [-0.05, 0) is 36.4 Å². The fraction of sp³-hybridized carbons (Fsp3) is 0.125. The summed E-state index contributed by atoms with van der Waals surface area (Å²) in [4.78, 5) is 21.7. The second-order valence-electron chi connectivity index (χ2n) is 4.08. The van der Waals surface area contributed by atoms with E-state index in [0.717, 1.165) is 0 Å². The minimum atomic E-state index is -0.444. The van der Waals surface area contributed by atoms with E-state index in [1.165, 1.54) is 38.5 Å². The molecule has 2 N–H and O–H groups in total. The van der Waals surface area contributed by atoms with Crippen molar-refractivity contribution in [2.75, 3.05) is 14.2 Å². The Morgan fingerprint density at radius 2 is 1.08 bits per heavy atom. The van der Waals surface area contributed by atoms with E-state index in [4.69, 9.17) is 10.2 Å². The summed E-state index contributed by atoms with van der Waals surface area (Å²) in [5, 5.41) is 17.9. The van der Waals surface area contributed by atoms with Gasteiger partial charge in [0.1, 0.15) is 11.5 Å². The van der Waals surface area contributed by atoms with Gasteiger partial charge in [-0.1, -0.05) is 12.1 Å². The molecule has 0 fully saturated rings. The number of carbonyl (C=O) groups is 2. The molecule has 0 aliphatic heterocycles. The Bertz CT molecular complexity index is 609. The van der Waals surface area contributed by atoms with Crippen LogP contribution in [-0.4, -0.2) is 36.4 Å². The maximum absolute atomic E-state index is 10.8. The molecule has 2 aromatic rings. The van der Waals surface area contributed by atoms with E-state index >= 15 is 0 Å². The summed E-state index contributed by atoms with van der Waals surface area (Å²) >= 11 is 0. The fourth-order valence-corrected chi connectivity index (χ4v) is 1.50. The fourth-order valence-electron chi connectivity index (χ4n) is 1.50. The van der Waals surface area contributed by atoms with Crippen LogP contribution in [0.25, 0.3) is 0 Å². The quantitative estimate of drug-likeness (QED) is 0.444. The molecule has 0 radical (unpaired) electrons. The van der Waals surface area contributed by atoms with Crippen molar-refractivity contribution in [1.29, 1.82) is 0 Å². The van der Waals surface area contributed by atoms with E-state index in [9.17, 15) is 9.59 Å². The third kappa shape index (κ3) is 10.1. The van der Waals surface area contributed by atoms with Crippen LogP contribution in [0.5, 0.6) is 11.5 Å². The van der Waals surface area contributed by atoms with E-state index in [0.29, 0.717) is 11.1 Å². The molecule has 0 atom stereocenters. The predicted molar refractivity (Wildman–Crippen MR) is 78.9 cm³/mol. The number of phenolic OH excluding ortho intramolecular Hbond substituents is 2. The number of carbonyl (C=O) groups excluding carboxylic acids is 2. The standard InChI is InChI=1S/2C8H8O3.2ClH.Zr/c2*1-11-8(10)6-3-2-4-7(9)5-6;;;/h2*2-5,9H,1H3;2*1H;/q;;;;+2/p-2. The molecule has 0 aromatic heterocycles. The third-order valence-electron chi connectivity index (χ3n) is 2.53. The summed E-state index contributed by atoms with van der Waals surface area (Å²) in [6.45, 7) is 0. The number of aromatic hydroxyl groups is 2. The van der Waals surface area contributed by atoms with Gasteiger partial charge in [-0.2, -0.15) is 0 Å². The van der Waals surface area contributed by atoms with Crippen LogP contribution in [0.1, 0.15) is 20.7 Å². The molecule has 9 heteroatoms. The molecule has 6 nitrogen and oxygen atoms in total. The van der Waals surface area contributed by atoms with Crippen molar-refractivity contribution in [2.45, 2.75) is 0 Å². The van der Waals surface area contributed by atoms with E-state index in [1.54, 1.807) is 24.3 Å². The molecule has 0 amide bonds. The molecule has 0 saturated heterocycles. The van der Waals surface area contributed by atoms with Crippen molar-refractivity contribution < 1.29 is 80.3 Å². The van der Waals surface area contributed by atoms with Gasteiger partial charge in [-0.25, -0.2) is 9.59 Å². The number of esters is 2. The summed E-state index contributed by atoms with van der Waals surface area (Å²) in [5.74, 6) is -0.761. The largest absolute Gasteiger partial charge is 2.00 e. The minimum absolute atomic E-state index is 0. The first-order chi connectivity index (χ1) is 10.5. The molecule has 134 valence electrons. The molecular formula is C16H16Cl2O6Zr. The number of ether oxygens (including phenoxy) is 2. The Kier molecular flexibility index (Phi) is 16.7. The first-order valence-corrected chi connectivity index (χ1v) is 6.22. The smallest absolute Gasteiger partial charge is 1.00 e. The van der Waals surface area contributed by atoms with Crippen molar-refractivity contribution in [1.82, 2.24) is 0 Å². The molecule has 0 aliphatic rings. The summed E-state index contributed by atoms with van der Waals surface area (Å²) in [6, 6.07) is 12.0. The Hall–Kier alpha value is -1.56. The molecule has 0 unspecified atom stereocenters. The second-order valence-corrected chi connectivity index (χ2v) is 4.08. The summed E-state index contributed by atoms with van der Waals surface area (Å²) in [6.07, 6.45) is 0. The van der Waals surface area contributed by atoms with Crippen LogP contribution in [0.4, 0.5) is 0 Å². The molecule has 2 aromatic carbocycles. The van der Waals surface area contributed by atoms with Crippen LogP contribution in [0.3, 0.4) is 0 Å². The van der Waals surface area contributed by atoms with E-state index < -0.39 is 11.9 Å². The SMILES string of the molecule is COC(=O)c1cccc(O)c1.COC(=O)c1cccc(O)c1.[Cl-].[Cl-].[Zr+2]. The Balaban J connectivity index is -0.000000346. The number of halogens is 2. The van der Waals surface area contributed by atoms with Crippen molar-refractivity contribution >= 4 is 11.9 Å². The zero-order chi connectivity index (χ0) is 16.5. The van der Waals surface area contributed by atoms with Gasteiger partial charge < -0.3 is 44.5 Å². The van der Waals surface area contributed by atoms with Crippen LogP contribution in [0.2, 0.25) is 0 Å². The van der Waals surface area contributed by atoms with Gasteiger partial charge >= 0.3 is 38.1 Å². The Morgan fingerprint density at radius 1 is 0.760 bits per heavy atom. The zero-order valence-electron chi connectivity index (χ0n) is 13.4. The topological polar surface area (TPSA) is 93.1 Å². The predicted octanol–water partition coefficient (Wildman–Crippen LogP) is -3.64. The molecule has 2 rings (SSSR count). The monoisotopic (exact) mass is 464 g/mol. The first-order valence-electron chi connectivity index (χ1n) is 6.22. The molecule has 0 aliphatic carbocycles. The van der Waals surface area contributed by atoms with Crippen molar-refractivity contribution in [2.24, 2.45) is 0 Å². The average Bonchev–Trinajstić information content (AvgIpc) is 2.54. The zero-order valence-corrected chi connectivity index (χ0v) is 17.4.